The molecule has 16 heavy (non-hydrogen) atoms. The summed E-state index contributed by atoms with van der Waals surface area (Å²) in [4.78, 5) is 0. The fraction of sp³-hybridized carbons (Fsp3) is 0.923. The van der Waals surface area contributed by atoms with Gasteiger partial charge in [0.05, 0.1) is 6.61 Å². The third kappa shape index (κ3) is 3.48. The van der Waals surface area contributed by atoms with Crippen molar-refractivity contribution in [2.75, 3.05) is 20.7 Å². The molecule has 0 bridgehead atoms. The second kappa shape index (κ2) is 5.17. The number of aliphatic hydroxyl groups excluding tert-OH is 1. The quantitative estimate of drug-likeness (QED) is 0.734. The van der Waals surface area contributed by atoms with E-state index in [9.17, 15) is 5.11 Å². The maximum atomic E-state index is 9.46. The van der Waals surface area contributed by atoms with E-state index in [0.717, 1.165) is 12.8 Å². The number of rotatable bonds is 2. The van der Waals surface area contributed by atoms with Crippen molar-refractivity contribution < 1.29 is 5.11 Å². The average molecular weight is 226 g/mol. The monoisotopic (exact) mass is 226 g/mol. The number of aliphatic hydroxyl groups is 1. The molecule has 1 saturated carbocycles. The minimum absolute atomic E-state index is 0.235. The molecule has 0 amide bonds. The van der Waals surface area contributed by atoms with E-state index in [1.54, 1.807) is 0 Å². The lowest BCUT2D eigenvalue weighted by Gasteiger charge is -2.38. The average Bonchev–Trinajstić information content (AvgIpc) is 2.15. The van der Waals surface area contributed by atoms with Crippen LogP contribution >= 0.6 is 0 Å². The Kier molecular flexibility index (Phi) is 4.36. The van der Waals surface area contributed by atoms with Crippen molar-refractivity contribution in [3.63, 3.8) is 0 Å². The van der Waals surface area contributed by atoms with Gasteiger partial charge in [0.2, 0.25) is 0 Å². The van der Waals surface area contributed by atoms with Gasteiger partial charge in [0, 0.05) is 25.7 Å². The van der Waals surface area contributed by atoms with Gasteiger partial charge in [-0.1, -0.05) is 20.8 Å². The highest BCUT2D eigenvalue weighted by molar-refractivity contribution is 5.87. The van der Waals surface area contributed by atoms with Crippen LogP contribution in [-0.4, -0.2) is 36.5 Å². The number of nitrogens with zero attached hydrogens (tertiary/aromatic N) is 2. The minimum Gasteiger partial charge on any atom is -0.396 e. The van der Waals surface area contributed by atoms with Gasteiger partial charge in [-0.15, -0.1) is 0 Å². The first-order valence-electron chi connectivity index (χ1n) is 6.20. The molecule has 2 atom stereocenters. The summed E-state index contributed by atoms with van der Waals surface area (Å²) >= 11 is 0. The molecule has 1 aliphatic rings. The molecule has 3 nitrogen and oxygen atoms in total. The van der Waals surface area contributed by atoms with E-state index in [1.807, 2.05) is 19.1 Å². The molecule has 0 aromatic heterocycles. The third-order valence-electron chi connectivity index (χ3n) is 3.56. The van der Waals surface area contributed by atoms with Crippen LogP contribution in [0, 0.1) is 17.3 Å². The Morgan fingerprint density at radius 1 is 1.38 bits per heavy atom. The Morgan fingerprint density at radius 2 is 2.00 bits per heavy atom. The highest BCUT2D eigenvalue weighted by Crippen LogP contribution is 2.39. The van der Waals surface area contributed by atoms with E-state index < -0.39 is 0 Å². The van der Waals surface area contributed by atoms with Crippen LogP contribution in [0.25, 0.3) is 0 Å². The van der Waals surface area contributed by atoms with Gasteiger partial charge in [0.1, 0.15) is 0 Å². The Balaban J connectivity index is 2.72. The highest BCUT2D eigenvalue weighted by Gasteiger charge is 2.33. The van der Waals surface area contributed by atoms with Crippen LogP contribution in [-0.2, 0) is 0 Å². The first-order valence-corrected chi connectivity index (χ1v) is 6.20. The van der Waals surface area contributed by atoms with E-state index in [0.29, 0.717) is 11.3 Å². The molecule has 0 aromatic carbocycles. The van der Waals surface area contributed by atoms with Gasteiger partial charge in [0.25, 0.3) is 0 Å². The molecule has 0 heterocycles. The molecule has 2 unspecified atom stereocenters. The maximum Gasteiger partial charge on any atom is 0.0512 e. The topological polar surface area (TPSA) is 35.8 Å². The van der Waals surface area contributed by atoms with Crippen molar-refractivity contribution in [3.8, 4) is 0 Å². The summed E-state index contributed by atoms with van der Waals surface area (Å²) in [6.07, 6.45) is 3.31. The van der Waals surface area contributed by atoms with Crippen molar-refractivity contribution in [2.24, 2.45) is 22.4 Å². The van der Waals surface area contributed by atoms with Crippen molar-refractivity contribution in [3.05, 3.63) is 0 Å². The van der Waals surface area contributed by atoms with Gasteiger partial charge in [-0.2, -0.15) is 5.10 Å². The molecule has 3 heteroatoms. The van der Waals surface area contributed by atoms with E-state index >= 15 is 0 Å². The molecular formula is C13H26N2O. The predicted molar refractivity (Wildman–Crippen MR) is 68.5 cm³/mol. The van der Waals surface area contributed by atoms with Gasteiger partial charge in [-0.05, 0) is 30.6 Å². The van der Waals surface area contributed by atoms with Gasteiger partial charge in [-0.3, -0.25) is 0 Å². The molecule has 1 rings (SSSR count). The minimum atomic E-state index is 0.235. The highest BCUT2D eigenvalue weighted by atomic mass is 16.3. The summed E-state index contributed by atoms with van der Waals surface area (Å²) in [7, 11) is 3.88. The molecule has 0 saturated heterocycles. The lowest BCUT2D eigenvalue weighted by atomic mass is 9.68. The first-order chi connectivity index (χ1) is 7.34. The fourth-order valence-corrected chi connectivity index (χ4v) is 2.48. The zero-order valence-electron chi connectivity index (χ0n) is 11.3. The SMILES string of the molecule is CN(C)/N=C1\CCC(C(C)(C)C)CC1CO. The van der Waals surface area contributed by atoms with E-state index in [1.165, 1.54) is 12.1 Å². The zero-order valence-corrected chi connectivity index (χ0v) is 11.3. The largest absolute Gasteiger partial charge is 0.396 e. The van der Waals surface area contributed by atoms with Crippen LogP contribution in [0.1, 0.15) is 40.0 Å². The van der Waals surface area contributed by atoms with E-state index in [4.69, 9.17) is 0 Å². The van der Waals surface area contributed by atoms with Crippen LogP contribution in [0.15, 0.2) is 5.10 Å². The summed E-state index contributed by atoms with van der Waals surface area (Å²) in [6, 6.07) is 0. The number of hydrazone groups is 1. The smallest absolute Gasteiger partial charge is 0.0512 e. The zero-order chi connectivity index (χ0) is 12.3. The van der Waals surface area contributed by atoms with Gasteiger partial charge in [0.15, 0.2) is 0 Å². The number of hydrogen-bond donors (Lipinski definition) is 1. The van der Waals surface area contributed by atoms with Gasteiger partial charge in [-0.25, -0.2) is 0 Å². The van der Waals surface area contributed by atoms with Crippen molar-refractivity contribution in [2.45, 2.75) is 40.0 Å². The van der Waals surface area contributed by atoms with Crippen LogP contribution in [0.4, 0.5) is 0 Å². The van der Waals surface area contributed by atoms with Crippen molar-refractivity contribution in [1.82, 2.24) is 5.01 Å². The van der Waals surface area contributed by atoms with Crippen molar-refractivity contribution in [1.29, 1.82) is 0 Å². The van der Waals surface area contributed by atoms with Crippen molar-refractivity contribution >= 4 is 5.71 Å². The van der Waals surface area contributed by atoms with Crippen LogP contribution in [0.5, 0.6) is 0 Å². The predicted octanol–water partition coefficient (Wildman–Crippen LogP) is 2.36. The third-order valence-corrected chi connectivity index (χ3v) is 3.56. The van der Waals surface area contributed by atoms with E-state index in [2.05, 4.69) is 25.9 Å². The summed E-state index contributed by atoms with van der Waals surface area (Å²) in [5.41, 5.74) is 1.52. The first kappa shape index (κ1) is 13.5. The second-order valence-corrected chi connectivity index (χ2v) is 6.16. The lowest BCUT2D eigenvalue weighted by Crippen LogP contribution is -2.34. The Hall–Kier alpha value is -0.570. The summed E-state index contributed by atoms with van der Waals surface area (Å²) in [5.74, 6) is 0.964. The second-order valence-electron chi connectivity index (χ2n) is 6.16. The molecular weight excluding hydrogens is 200 g/mol. The molecule has 0 spiro atoms. The Bertz CT molecular complexity index is 253. The van der Waals surface area contributed by atoms with Crippen LogP contribution in [0.3, 0.4) is 0 Å². The Labute approximate surface area is 99.5 Å². The molecule has 1 fully saturated rings. The molecule has 1 N–H and O–H groups in total. The standard InChI is InChI=1S/C13H26N2O/c1-13(2,3)11-6-7-12(14-15(4)5)10(8-11)9-16/h10-11,16H,6-9H2,1-5H3/b14-12+. The molecule has 94 valence electrons. The fourth-order valence-electron chi connectivity index (χ4n) is 2.48. The molecule has 1 aliphatic carbocycles. The van der Waals surface area contributed by atoms with Gasteiger partial charge < -0.3 is 10.1 Å². The summed E-state index contributed by atoms with van der Waals surface area (Å²) < 4.78 is 0. The van der Waals surface area contributed by atoms with Gasteiger partial charge >= 0.3 is 0 Å². The number of hydrogen-bond acceptors (Lipinski definition) is 3. The lowest BCUT2D eigenvalue weighted by molar-refractivity contribution is 0.153. The maximum absolute atomic E-state index is 9.46. The molecule has 0 aliphatic heterocycles. The molecule has 0 aromatic rings. The normalized spacial score (nSPS) is 29.5. The molecule has 0 radical (unpaired) electrons. The Morgan fingerprint density at radius 3 is 2.44 bits per heavy atom. The van der Waals surface area contributed by atoms with Crippen LogP contribution in [0.2, 0.25) is 0 Å². The van der Waals surface area contributed by atoms with Crippen LogP contribution < -0.4 is 0 Å². The summed E-state index contributed by atoms with van der Waals surface area (Å²) in [6.45, 7) is 7.11. The summed E-state index contributed by atoms with van der Waals surface area (Å²) in [5, 5.41) is 15.8. The van der Waals surface area contributed by atoms with E-state index in [-0.39, 0.29) is 12.5 Å².